The van der Waals surface area contributed by atoms with Crippen LogP contribution in [0, 0.1) is 0 Å². The number of rotatable bonds is 2. The molecule has 72 valence electrons. The van der Waals surface area contributed by atoms with E-state index in [0.717, 1.165) is 12.1 Å². The zero-order chi connectivity index (χ0) is 10.1. The predicted molar refractivity (Wildman–Crippen MR) is 47.8 cm³/mol. The van der Waals surface area contributed by atoms with Crippen molar-refractivity contribution in [3.05, 3.63) is 29.8 Å². The Kier molecular flexibility index (Phi) is 2.66. The van der Waals surface area contributed by atoms with Crippen molar-refractivity contribution in [2.75, 3.05) is 0 Å². The van der Waals surface area contributed by atoms with Gasteiger partial charge in [-0.25, -0.2) is 0 Å². The minimum absolute atomic E-state index is 0.363. The maximum atomic E-state index is 12.3. The molecule has 1 rings (SSSR count). The molecule has 1 aromatic rings. The second-order valence-corrected chi connectivity index (χ2v) is 3.03. The van der Waals surface area contributed by atoms with Gasteiger partial charge in [-0.2, -0.15) is 0 Å². The average molecular weight is 188 g/mol. The van der Waals surface area contributed by atoms with Crippen LogP contribution in [0.2, 0.25) is 0 Å². The minimum atomic E-state index is -4.91. The Morgan fingerprint density at radius 3 is 2.38 bits per heavy atom. The van der Waals surface area contributed by atoms with E-state index in [9.17, 15) is 12.9 Å². The molecule has 0 fully saturated rings. The van der Waals surface area contributed by atoms with Gasteiger partial charge in [0.1, 0.15) is 0 Å². The lowest BCUT2D eigenvalue weighted by Crippen LogP contribution is -2.34. The molecule has 1 aromatic carbocycles. The van der Waals surface area contributed by atoms with Gasteiger partial charge in [0.2, 0.25) is 0 Å². The number of hydrogen-bond donors (Lipinski definition) is 1. The Labute approximate surface area is 74.8 Å². The average Bonchev–Trinajstić information content (AvgIpc) is 2.03. The summed E-state index contributed by atoms with van der Waals surface area (Å²) < 4.78 is 36.8. The van der Waals surface area contributed by atoms with Gasteiger partial charge in [0.25, 0.3) is 0 Å². The highest BCUT2D eigenvalue weighted by Crippen LogP contribution is 2.13. The molecule has 0 saturated carbocycles. The summed E-state index contributed by atoms with van der Waals surface area (Å²) in [5.74, 6) is 0. The van der Waals surface area contributed by atoms with E-state index in [1.165, 1.54) is 6.07 Å². The van der Waals surface area contributed by atoms with Gasteiger partial charge < -0.3 is 18.7 Å². The largest absolute Gasteiger partial charge is 0.509 e. The Morgan fingerprint density at radius 1 is 1.31 bits per heavy atom. The summed E-state index contributed by atoms with van der Waals surface area (Å²) in [6.45, 7) is -3.25. The number of nitrogens with two attached hydrogens (primary N) is 1. The monoisotopic (exact) mass is 188 g/mol. The van der Waals surface area contributed by atoms with Crippen LogP contribution in [-0.4, -0.2) is 6.98 Å². The minimum Gasteiger partial charge on any atom is -0.445 e. The summed E-state index contributed by atoms with van der Waals surface area (Å²) in [7, 11) is 0. The maximum absolute atomic E-state index is 12.3. The fourth-order valence-corrected chi connectivity index (χ4v) is 1.05. The first kappa shape index (κ1) is 10.1. The van der Waals surface area contributed by atoms with Crippen LogP contribution in [0.1, 0.15) is 18.5 Å². The smallest absolute Gasteiger partial charge is 0.445 e. The molecule has 1 nitrogen and oxygen atoms in total. The molecule has 0 amide bonds. The molecule has 2 N–H and O–H groups in total. The van der Waals surface area contributed by atoms with Gasteiger partial charge in [0.05, 0.1) is 0 Å². The van der Waals surface area contributed by atoms with Gasteiger partial charge >= 0.3 is 6.98 Å². The second kappa shape index (κ2) is 3.42. The molecule has 5 heteroatoms. The van der Waals surface area contributed by atoms with E-state index < -0.39 is 12.4 Å². The zero-order valence-electron chi connectivity index (χ0n) is 7.18. The van der Waals surface area contributed by atoms with E-state index in [0.29, 0.717) is 5.56 Å². The summed E-state index contributed by atoms with van der Waals surface area (Å²) in [5.41, 5.74) is 5.39. The Morgan fingerprint density at radius 2 is 1.92 bits per heavy atom. The van der Waals surface area contributed by atoms with Gasteiger partial charge in [-0.3, -0.25) is 0 Å². The molecule has 0 bridgehead atoms. The number of benzene rings is 1. The van der Waals surface area contributed by atoms with Crippen LogP contribution in [0.5, 0.6) is 0 Å². The quantitative estimate of drug-likeness (QED) is 0.703. The van der Waals surface area contributed by atoms with E-state index in [1.54, 1.807) is 13.0 Å². The van der Waals surface area contributed by atoms with Gasteiger partial charge in [0.15, 0.2) is 0 Å². The van der Waals surface area contributed by atoms with Gasteiger partial charge in [-0.05, 0) is 12.5 Å². The maximum Gasteiger partial charge on any atom is 0.509 e. The standard InChI is InChI=1S/C8H10BF3N/c1-6(13)7-3-2-4-8(5-7)9(10,11)12/h2-6H,13H2,1H3/q-1. The molecule has 0 aromatic heterocycles. The normalized spacial score (nSPS) is 14.2. The van der Waals surface area contributed by atoms with Gasteiger partial charge in [-0.1, -0.05) is 24.3 Å². The fourth-order valence-electron chi connectivity index (χ4n) is 1.05. The molecular weight excluding hydrogens is 178 g/mol. The van der Waals surface area contributed by atoms with Crippen LogP contribution < -0.4 is 11.2 Å². The van der Waals surface area contributed by atoms with Crippen LogP contribution in [0.15, 0.2) is 24.3 Å². The Balaban J connectivity index is 3.06. The van der Waals surface area contributed by atoms with E-state index in [-0.39, 0.29) is 6.04 Å². The Bertz CT molecular complexity index is 296. The number of halogens is 3. The van der Waals surface area contributed by atoms with Gasteiger partial charge in [-0.15, -0.1) is 5.46 Å². The van der Waals surface area contributed by atoms with Crippen molar-refractivity contribution in [2.45, 2.75) is 13.0 Å². The summed E-state index contributed by atoms with van der Waals surface area (Å²) in [6, 6.07) is 4.77. The van der Waals surface area contributed by atoms with Gasteiger partial charge in [0, 0.05) is 6.04 Å². The Hall–Kier alpha value is -0.965. The molecule has 0 radical (unpaired) electrons. The fraction of sp³-hybridized carbons (Fsp3) is 0.250. The van der Waals surface area contributed by atoms with Crippen molar-refractivity contribution in [1.82, 2.24) is 0 Å². The summed E-state index contributed by atoms with van der Waals surface area (Å²) in [5, 5.41) is 0. The molecule has 1 atom stereocenters. The van der Waals surface area contributed by atoms with Crippen LogP contribution >= 0.6 is 0 Å². The molecule has 0 heterocycles. The lowest BCUT2D eigenvalue weighted by molar-refractivity contribution is 0.501. The molecule has 0 aliphatic rings. The first-order valence-electron chi connectivity index (χ1n) is 3.96. The van der Waals surface area contributed by atoms with Crippen LogP contribution in [0.4, 0.5) is 12.9 Å². The zero-order valence-corrected chi connectivity index (χ0v) is 7.18. The third kappa shape index (κ3) is 2.49. The summed E-state index contributed by atoms with van der Waals surface area (Å²) in [4.78, 5) is 0. The van der Waals surface area contributed by atoms with Crippen LogP contribution in [-0.2, 0) is 0 Å². The molecule has 0 aliphatic carbocycles. The van der Waals surface area contributed by atoms with Crippen molar-refractivity contribution in [1.29, 1.82) is 0 Å². The molecule has 1 unspecified atom stereocenters. The molecule has 0 aliphatic heterocycles. The van der Waals surface area contributed by atoms with Crippen molar-refractivity contribution in [3.8, 4) is 0 Å². The summed E-state index contributed by atoms with van der Waals surface area (Å²) in [6.07, 6.45) is 0. The molecule has 0 saturated heterocycles. The predicted octanol–water partition coefficient (Wildman–Crippen LogP) is 1.76. The highest BCUT2D eigenvalue weighted by molar-refractivity contribution is 6.73. The van der Waals surface area contributed by atoms with E-state index in [2.05, 4.69) is 0 Å². The van der Waals surface area contributed by atoms with E-state index in [1.807, 2.05) is 0 Å². The highest BCUT2D eigenvalue weighted by atomic mass is 19.4. The first-order valence-corrected chi connectivity index (χ1v) is 3.96. The molecule has 13 heavy (non-hydrogen) atoms. The summed E-state index contributed by atoms with van der Waals surface area (Å²) >= 11 is 0. The third-order valence-electron chi connectivity index (χ3n) is 1.81. The van der Waals surface area contributed by atoms with Crippen LogP contribution in [0.3, 0.4) is 0 Å². The molecular formula is C8H10BF3N-. The number of hydrogen-bond acceptors (Lipinski definition) is 1. The van der Waals surface area contributed by atoms with E-state index >= 15 is 0 Å². The lowest BCUT2D eigenvalue weighted by Gasteiger charge is -2.16. The molecule has 0 spiro atoms. The topological polar surface area (TPSA) is 26.0 Å². The SMILES string of the molecule is CC(N)c1cccc([B-](F)(F)F)c1. The highest BCUT2D eigenvalue weighted by Gasteiger charge is 2.25. The van der Waals surface area contributed by atoms with E-state index in [4.69, 9.17) is 5.73 Å². The first-order chi connectivity index (χ1) is 5.91. The second-order valence-electron chi connectivity index (χ2n) is 3.03. The van der Waals surface area contributed by atoms with Crippen molar-refractivity contribution >= 4 is 12.4 Å². The van der Waals surface area contributed by atoms with Crippen molar-refractivity contribution in [3.63, 3.8) is 0 Å². The van der Waals surface area contributed by atoms with Crippen molar-refractivity contribution < 1.29 is 12.9 Å². The van der Waals surface area contributed by atoms with Crippen LogP contribution in [0.25, 0.3) is 0 Å². The van der Waals surface area contributed by atoms with Crippen molar-refractivity contribution in [2.24, 2.45) is 5.73 Å². The third-order valence-corrected chi connectivity index (χ3v) is 1.81. The lowest BCUT2D eigenvalue weighted by atomic mass is 9.79.